The van der Waals surface area contributed by atoms with Crippen LogP contribution >= 0.6 is 0 Å². The summed E-state index contributed by atoms with van der Waals surface area (Å²) < 4.78 is 5.75. The molecule has 1 aliphatic rings. The van der Waals surface area contributed by atoms with Gasteiger partial charge < -0.3 is 9.64 Å². The molecule has 0 aliphatic carbocycles. The van der Waals surface area contributed by atoms with Crippen molar-refractivity contribution in [2.24, 2.45) is 0 Å². The first-order chi connectivity index (χ1) is 10.3. The van der Waals surface area contributed by atoms with Gasteiger partial charge in [0.15, 0.2) is 0 Å². The molecule has 108 valence electrons. The van der Waals surface area contributed by atoms with Crippen molar-refractivity contribution < 1.29 is 9.53 Å². The van der Waals surface area contributed by atoms with E-state index in [0.717, 1.165) is 18.5 Å². The minimum atomic E-state index is -0.00208. The van der Waals surface area contributed by atoms with Crippen LogP contribution in [0.2, 0.25) is 0 Å². The van der Waals surface area contributed by atoms with Crippen LogP contribution in [0.15, 0.2) is 43.1 Å². The summed E-state index contributed by atoms with van der Waals surface area (Å²) in [6.07, 6.45) is 7.73. The Morgan fingerprint density at radius 1 is 1.33 bits per heavy atom. The van der Waals surface area contributed by atoms with Gasteiger partial charge in [0.05, 0.1) is 13.0 Å². The summed E-state index contributed by atoms with van der Waals surface area (Å²) in [5, 5.41) is 0. The molecule has 0 radical (unpaired) electrons. The van der Waals surface area contributed by atoms with Crippen LogP contribution in [0.25, 0.3) is 0 Å². The third kappa shape index (κ3) is 3.53. The zero-order valence-corrected chi connectivity index (χ0v) is 11.6. The third-order valence-electron chi connectivity index (χ3n) is 3.42. The molecule has 1 amide bonds. The van der Waals surface area contributed by atoms with Crippen LogP contribution in [0.3, 0.4) is 0 Å². The highest BCUT2D eigenvalue weighted by Crippen LogP contribution is 2.16. The average Bonchev–Trinajstić information content (AvgIpc) is 2.98. The molecular formula is C15H16N4O2. The van der Waals surface area contributed by atoms with E-state index in [4.69, 9.17) is 4.74 Å². The van der Waals surface area contributed by atoms with Crippen LogP contribution < -0.4 is 4.74 Å². The van der Waals surface area contributed by atoms with Crippen LogP contribution in [0.4, 0.5) is 0 Å². The lowest BCUT2D eigenvalue weighted by Crippen LogP contribution is -2.32. The van der Waals surface area contributed by atoms with Gasteiger partial charge in [-0.2, -0.15) is 0 Å². The molecule has 6 heteroatoms. The number of hydrogen-bond acceptors (Lipinski definition) is 5. The Morgan fingerprint density at radius 2 is 2.29 bits per heavy atom. The fourth-order valence-electron chi connectivity index (χ4n) is 2.36. The van der Waals surface area contributed by atoms with Crippen molar-refractivity contribution in [3.05, 3.63) is 48.7 Å². The maximum Gasteiger partial charge on any atom is 0.227 e. The molecule has 3 rings (SSSR count). The minimum absolute atomic E-state index is 0.00208. The van der Waals surface area contributed by atoms with E-state index in [1.54, 1.807) is 24.7 Å². The Labute approximate surface area is 122 Å². The summed E-state index contributed by atoms with van der Waals surface area (Å²) >= 11 is 0. The monoisotopic (exact) mass is 284 g/mol. The fourth-order valence-corrected chi connectivity index (χ4v) is 2.36. The Hall–Kier alpha value is -2.50. The van der Waals surface area contributed by atoms with E-state index < -0.39 is 0 Å². The molecular weight excluding hydrogens is 268 g/mol. The van der Waals surface area contributed by atoms with Gasteiger partial charge >= 0.3 is 0 Å². The first-order valence-corrected chi connectivity index (χ1v) is 6.90. The number of amides is 1. The molecule has 1 fully saturated rings. The number of pyridine rings is 1. The number of aromatic nitrogens is 3. The van der Waals surface area contributed by atoms with E-state index in [-0.39, 0.29) is 12.0 Å². The van der Waals surface area contributed by atoms with E-state index in [1.807, 2.05) is 17.0 Å². The summed E-state index contributed by atoms with van der Waals surface area (Å²) in [5.41, 5.74) is 0.933. The van der Waals surface area contributed by atoms with Gasteiger partial charge in [0.1, 0.15) is 12.4 Å². The summed E-state index contributed by atoms with van der Waals surface area (Å²) in [6.45, 7) is 1.32. The van der Waals surface area contributed by atoms with Crippen molar-refractivity contribution in [1.82, 2.24) is 19.9 Å². The third-order valence-corrected chi connectivity index (χ3v) is 3.42. The molecule has 0 saturated carbocycles. The van der Waals surface area contributed by atoms with E-state index in [2.05, 4.69) is 15.0 Å². The number of carbonyl (C=O) groups is 1. The predicted molar refractivity (Wildman–Crippen MR) is 75.6 cm³/mol. The number of likely N-dealkylation sites (tertiary alicyclic amines) is 1. The lowest BCUT2D eigenvalue weighted by Gasteiger charge is -2.16. The van der Waals surface area contributed by atoms with Gasteiger partial charge in [0.25, 0.3) is 0 Å². The van der Waals surface area contributed by atoms with Gasteiger partial charge in [-0.05, 0) is 11.6 Å². The number of nitrogens with zero attached hydrogens (tertiary/aromatic N) is 4. The standard InChI is InChI=1S/C15H16N4O2/c20-15(8-12-2-1-5-16-9-12)19-7-4-13(10-19)21-14-3-6-17-11-18-14/h1-3,5-6,9,11,13H,4,7-8,10H2/t13-/m0/s1. The SMILES string of the molecule is O=C(Cc1cccnc1)N1CC[C@H](Oc2ccncn2)C1. The van der Waals surface area contributed by atoms with E-state index in [9.17, 15) is 4.79 Å². The minimum Gasteiger partial charge on any atom is -0.472 e. The normalized spacial score (nSPS) is 17.7. The van der Waals surface area contributed by atoms with Gasteiger partial charge in [-0.3, -0.25) is 9.78 Å². The van der Waals surface area contributed by atoms with Crippen molar-refractivity contribution in [2.45, 2.75) is 18.9 Å². The molecule has 2 aromatic heterocycles. The van der Waals surface area contributed by atoms with E-state index in [1.165, 1.54) is 6.33 Å². The molecule has 1 aliphatic heterocycles. The van der Waals surface area contributed by atoms with Crippen molar-refractivity contribution in [2.75, 3.05) is 13.1 Å². The van der Waals surface area contributed by atoms with E-state index >= 15 is 0 Å². The quantitative estimate of drug-likeness (QED) is 0.841. The zero-order valence-electron chi connectivity index (χ0n) is 11.6. The van der Waals surface area contributed by atoms with Gasteiger partial charge in [-0.25, -0.2) is 9.97 Å². The fraction of sp³-hybridized carbons (Fsp3) is 0.333. The van der Waals surface area contributed by atoms with Gasteiger partial charge in [-0.15, -0.1) is 0 Å². The van der Waals surface area contributed by atoms with Gasteiger partial charge in [-0.1, -0.05) is 6.07 Å². The Morgan fingerprint density at radius 3 is 3.05 bits per heavy atom. The summed E-state index contributed by atoms with van der Waals surface area (Å²) in [5.74, 6) is 0.661. The van der Waals surface area contributed by atoms with E-state index in [0.29, 0.717) is 18.8 Å². The number of rotatable bonds is 4. The second-order valence-electron chi connectivity index (χ2n) is 4.95. The van der Waals surface area contributed by atoms with Crippen molar-refractivity contribution in [3.8, 4) is 5.88 Å². The average molecular weight is 284 g/mol. The van der Waals surface area contributed by atoms with Crippen LogP contribution in [0.1, 0.15) is 12.0 Å². The van der Waals surface area contributed by atoms with Gasteiger partial charge in [0.2, 0.25) is 11.8 Å². The molecule has 0 bridgehead atoms. The summed E-state index contributed by atoms with van der Waals surface area (Å²) in [6, 6.07) is 5.48. The molecule has 0 N–H and O–H groups in total. The Bertz CT molecular complexity index is 591. The number of ether oxygens (including phenoxy) is 1. The molecule has 3 heterocycles. The van der Waals surface area contributed by atoms with Crippen molar-refractivity contribution in [3.63, 3.8) is 0 Å². The summed E-state index contributed by atoms with van der Waals surface area (Å²) in [7, 11) is 0. The van der Waals surface area contributed by atoms with Crippen LogP contribution in [0, 0.1) is 0 Å². The Kier molecular flexibility index (Phi) is 4.04. The van der Waals surface area contributed by atoms with Crippen LogP contribution in [-0.2, 0) is 11.2 Å². The maximum absolute atomic E-state index is 12.2. The molecule has 1 atom stereocenters. The smallest absolute Gasteiger partial charge is 0.227 e. The van der Waals surface area contributed by atoms with Crippen LogP contribution in [0.5, 0.6) is 5.88 Å². The Balaban J connectivity index is 1.53. The lowest BCUT2D eigenvalue weighted by atomic mass is 10.2. The second kappa shape index (κ2) is 6.30. The zero-order chi connectivity index (χ0) is 14.5. The molecule has 0 spiro atoms. The molecule has 21 heavy (non-hydrogen) atoms. The largest absolute Gasteiger partial charge is 0.472 e. The van der Waals surface area contributed by atoms with Crippen LogP contribution in [-0.4, -0.2) is 45.0 Å². The molecule has 1 saturated heterocycles. The highest BCUT2D eigenvalue weighted by molar-refractivity contribution is 5.79. The predicted octanol–water partition coefficient (Wildman–Crippen LogP) is 1.09. The van der Waals surface area contributed by atoms with Gasteiger partial charge in [0, 0.05) is 37.6 Å². The first kappa shape index (κ1) is 13.5. The second-order valence-corrected chi connectivity index (χ2v) is 4.95. The maximum atomic E-state index is 12.2. The first-order valence-electron chi connectivity index (χ1n) is 6.90. The van der Waals surface area contributed by atoms with Crippen molar-refractivity contribution >= 4 is 5.91 Å². The molecule has 0 unspecified atom stereocenters. The topological polar surface area (TPSA) is 68.2 Å². The summed E-state index contributed by atoms with van der Waals surface area (Å²) in [4.78, 5) is 26.0. The molecule has 0 aromatic carbocycles. The number of carbonyl (C=O) groups excluding carboxylic acids is 1. The van der Waals surface area contributed by atoms with Crippen molar-refractivity contribution in [1.29, 1.82) is 0 Å². The molecule has 2 aromatic rings. The highest BCUT2D eigenvalue weighted by atomic mass is 16.5. The molecule has 6 nitrogen and oxygen atoms in total. The lowest BCUT2D eigenvalue weighted by molar-refractivity contribution is -0.129. The highest BCUT2D eigenvalue weighted by Gasteiger charge is 2.27. The number of hydrogen-bond donors (Lipinski definition) is 0.